The van der Waals surface area contributed by atoms with Gasteiger partial charge >= 0.3 is 0 Å². The van der Waals surface area contributed by atoms with Crippen molar-refractivity contribution >= 4 is 50.7 Å². The Bertz CT molecular complexity index is 1430. The van der Waals surface area contributed by atoms with Gasteiger partial charge in [-0.3, -0.25) is 13.9 Å². The van der Waals surface area contributed by atoms with Crippen LogP contribution in [0.15, 0.2) is 72.8 Å². The second kappa shape index (κ2) is 14.0. The van der Waals surface area contributed by atoms with Crippen LogP contribution in [0.4, 0.5) is 5.69 Å². The molecule has 40 heavy (non-hydrogen) atoms. The molecule has 3 aromatic carbocycles. The van der Waals surface area contributed by atoms with Crippen molar-refractivity contribution in [3.05, 3.63) is 99.5 Å². The van der Waals surface area contributed by atoms with E-state index >= 15 is 0 Å². The van der Waals surface area contributed by atoms with E-state index in [1.807, 2.05) is 50.2 Å². The van der Waals surface area contributed by atoms with Gasteiger partial charge in [-0.05, 0) is 53.8 Å². The third-order valence-corrected chi connectivity index (χ3v) is 8.10. The number of nitrogens with one attached hydrogen (secondary N) is 1. The van der Waals surface area contributed by atoms with E-state index in [2.05, 4.69) is 5.32 Å². The predicted molar refractivity (Wildman–Crippen MR) is 162 cm³/mol. The molecule has 0 saturated carbocycles. The number of hydrogen-bond donors (Lipinski definition) is 1. The Morgan fingerprint density at radius 3 is 2.20 bits per heavy atom. The summed E-state index contributed by atoms with van der Waals surface area (Å²) in [5.74, 6) is -0.662. The third kappa shape index (κ3) is 8.98. The number of halogens is 2. The highest BCUT2D eigenvalue weighted by Gasteiger charge is 2.33. The molecule has 0 bridgehead atoms. The van der Waals surface area contributed by atoms with Gasteiger partial charge in [0.05, 0.1) is 11.9 Å². The summed E-state index contributed by atoms with van der Waals surface area (Å²) in [6.45, 7) is 5.75. The van der Waals surface area contributed by atoms with Gasteiger partial charge in [0.15, 0.2) is 0 Å². The van der Waals surface area contributed by atoms with E-state index in [-0.39, 0.29) is 30.5 Å². The van der Waals surface area contributed by atoms with Gasteiger partial charge in [-0.15, -0.1) is 0 Å². The molecule has 3 rings (SSSR count). The summed E-state index contributed by atoms with van der Waals surface area (Å²) >= 11 is 12.5. The number of benzene rings is 3. The molecule has 3 aromatic rings. The van der Waals surface area contributed by atoms with Gasteiger partial charge in [0.2, 0.25) is 21.8 Å². The summed E-state index contributed by atoms with van der Waals surface area (Å²) in [6, 6.07) is 20.3. The van der Waals surface area contributed by atoms with Crippen LogP contribution in [0, 0.1) is 12.8 Å². The first-order chi connectivity index (χ1) is 18.8. The fourth-order valence-electron chi connectivity index (χ4n) is 4.16. The molecule has 0 spiro atoms. The van der Waals surface area contributed by atoms with Gasteiger partial charge in [-0.25, -0.2) is 8.42 Å². The molecule has 0 aliphatic heterocycles. The monoisotopic (exact) mass is 603 g/mol. The van der Waals surface area contributed by atoms with Crippen molar-refractivity contribution in [1.29, 1.82) is 0 Å². The first kappa shape index (κ1) is 31.5. The number of hydrogen-bond acceptors (Lipinski definition) is 4. The zero-order valence-electron chi connectivity index (χ0n) is 23.1. The van der Waals surface area contributed by atoms with Crippen LogP contribution in [-0.2, 0) is 32.6 Å². The SMILES string of the molecule is Cc1ccc(N(CC(=O)N(Cc2cccc(Cl)c2)C(Cc2ccccc2)C(=O)NCC(C)C)S(C)(=O)=O)cc1Cl. The normalized spacial score (nSPS) is 12.2. The number of carbonyl (C=O) groups excluding carboxylic acids is 2. The lowest BCUT2D eigenvalue weighted by Gasteiger charge is -2.33. The summed E-state index contributed by atoms with van der Waals surface area (Å²) in [5.41, 5.74) is 2.61. The first-order valence-electron chi connectivity index (χ1n) is 12.9. The molecule has 7 nitrogen and oxygen atoms in total. The summed E-state index contributed by atoms with van der Waals surface area (Å²) in [5, 5.41) is 3.82. The molecule has 0 aliphatic carbocycles. The minimum Gasteiger partial charge on any atom is -0.354 e. The second-order valence-corrected chi connectivity index (χ2v) is 12.9. The van der Waals surface area contributed by atoms with Crippen LogP contribution in [0.3, 0.4) is 0 Å². The quantitative estimate of drug-likeness (QED) is 0.297. The van der Waals surface area contributed by atoms with E-state index in [4.69, 9.17) is 23.2 Å². The summed E-state index contributed by atoms with van der Waals surface area (Å²) in [4.78, 5) is 29.1. The number of carbonyl (C=O) groups is 2. The highest BCUT2D eigenvalue weighted by Crippen LogP contribution is 2.26. The minimum absolute atomic E-state index is 0.0538. The van der Waals surface area contributed by atoms with Crippen LogP contribution in [0.1, 0.15) is 30.5 Å². The highest BCUT2D eigenvalue weighted by atomic mass is 35.5. The van der Waals surface area contributed by atoms with E-state index < -0.39 is 28.5 Å². The Balaban J connectivity index is 2.06. The van der Waals surface area contributed by atoms with Crippen LogP contribution < -0.4 is 9.62 Å². The second-order valence-electron chi connectivity index (χ2n) is 10.2. The van der Waals surface area contributed by atoms with Crippen LogP contribution in [0.2, 0.25) is 10.0 Å². The highest BCUT2D eigenvalue weighted by molar-refractivity contribution is 7.92. The number of rotatable bonds is 12. The number of anilines is 1. The van der Waals surface area contributed by atoms with Crippen LogP contribution in [-0.4, -0.2) is 50.5 Å². The van der Waals surface area contributed by atoms with Gasteiger partial charge in [0.1, 0.15) is 12.6 Å². The van der Waals surface area contributed by atoms with Crippen LogP contribution >= 0.6 is 23.2 Å². The molecule has 0 fully saturated rings. The molecular formula is C30H35Cl2N3O4S. The molecule has 1 unspecified atom stereocenters. The minimum atomic E-state index is -3.88. The van der Waals surface area contributed by atoms with E-state index in [0.29, 0.717) is 22.2 Å². The number of amides is 2. The maximum atomic E-state index is 14.1. The van der Waals surface area contributed by atoms with Crippen LogP contribution in [0.5, 0.6) is 0 Å². The lowest BCUT2D eigenvalue weighted by atomic mass is 10.0. The van der Waals surface area contributed by atoms with Crippen LogP contribution in [0.25, 0.3) is 0 Å². The molecule has 0 aliphatic rings. The lowest BCUT2D eigenvalue weighted by Crippen LogP contribution is -2.53. The maximum absolute atomic E-state index is 14.1. The lowest BCUT2D eigenvalue weighted by molar-refractivity contribution is -0.140. The predicted octanol–water partition coefficient (Wildman–Crippen LogP) is 5.48. The molecule has 1 atom stereocenters. The van der Waals surface area contributed by atoms with Gasteiger partial charge in [0, 0.05) is 29.6 Å². The Morgan fingerprint density at radius 2 is 1.60 bits per heavy atom. The number of nitrogens with zero attached hydrogens (tertiary/aromatic N) is 2. The van der Waals surface area contributed by atoms with Crippen molar-refractivity contribution < 1.29 is 18.0 Å². The molecule has 0 saturated heterocycles. The van der Waals surface area contributed by atoms with Gasteiger partial charge in [-0.1, -0.05) is 85.6 Å². The van der Waals surface area contributed by atoms with E-state index in [1.165, 1.54) is 11.0 Å². The molecule has 0 radical (unpaired) electrons. The largest absolute Gasteiger partial charge is 0.354 e. The van der Waals surface area contributed by atoms with E-state index in [1.54, 1.807) is 37.3 Å². The maximum Gasteiger partial charge on any atom is 0.244 e. The molecule has 0 aromatic heterocycles. The molecule has 1 N–H and O–H groups in total. The molecule has 0 heterocycles. The summed E-state index contributed by atoms with van der Waals surface area (Å²) < 4.78 is 26.8. The zero-order valence-corrected chi connectivity index (χ0v) is 25.4. The molecular weight excluding hydrogens is 569 g/mol. The van der Waals surface area contributed by atoms with Gasteiger partial charge in [-0.2, -0.15) is 0 Å². The van der Waals surface area contributed by atoms with Gasteiger partial charge < -0.3 is 10.2 Å². The summed E-state index contributed by atoms with van der Waals surface area (Å²) in [6.07, 6.45) is 1.28. The molecule has 10 heteroatoms. The standard InChI is InChI=1S/C30H35Cl2N3O4S/c1-21(2)18-33-30(37)28(16-23-9-6-5-7-10-23)34(19-24-11-8-12-25(31)15-24)29(36)20-35(40(4,38)39)26-14-13-22(3)27(32)17-26/h5-15,17,21,28H,16,18-20H2,1-4H3,(H,33,37). The Kier molecular flexibility index (Phi) is 11.0. The Labute approximate surface area is 247 Å². The van der Waals surface area contributed by atoms with Crippen molar-refractivity contribution in [2.45, 2.75) is 39.8 Å². The molecule has 2 amide bonds. The number of aryl methyl sites for hydroxylation is 1. The van der Waals surface area contributed by atoms with E-state index in [9.17, 15) is 18.0 Å². The van der Waals surface area contributed by atoms with Crippen molar-refractivity contribution in [3.63, 3.8) is 0 Å². The Morgan fingerprint density at radius 1 is 0.925 bits per heavy atom. The smallest absolute Gasteiger partial charge is 0.244 e. The van der Waals surface area contributed by atoms with Gasteiger partial charge in [0.25, 0.3) is 0 Å². The first-order valence-corrected chi connectivity index (χ1v) is 15.5. The van der Waals surface area contributed by atoms with Crippen molar-refractivity contribution in [1.82, 2.24) is 10.2 Å². The third-order valence-electron chi connectivity index (χ3n) is 6.32. The molecule has 214 valence electrons. The topological polar surface area (TPSA) is 86.8 Å². The average molecular weight is 605 g/mol. The number of sulfonamides is 1. The fourth-order valence-corrected chi connectivity index (χ4v) is 5.39. The summed E-state index contributed by atoms with van der Waals surface area (Å²) in [7, 11) is -3.88. The Hall–Kier alpha value is -3.07. The van der Waals surface area contributed by atoms with E-state index in [0.717, 1.165) is 21.7 Å². The van der Waals surface area contributed by atoms with Crippen molar-refractivity contribution in [2.75, 3.05) is 23.7 Å². The van der Waals surface area contributed by atoms with Crippen molar-refractivity contribution in [3.8, 4) is 0 Å². The van der Waals surface area contributed by atoms with Crippen molar-refractivity contribution in [2.24, 2.45) is 5.92 Å². The average Bonchev–Trinajstić information content (AvgIpc) is 2.89. The fraction of sp³-hybridized carbons (Fsp3) is 0.333. The zero-order chi connectivity index (χ0) is 29.4.